The Hall–Kier alpha value is -2.54. The molecule has 7 heteroatoms. The van der Waals surface area contributed by atoms with E-state index in [0.717, 1.165) is 33.1 Å². The van der Waals surface area contributed by atoms with E-state index in [1.54, 1.807) is 13.0 Å². The molecule has 3 rings (SSSR count). The second kappa shape index (κ2) is 8.22. The van der Waals surface area contributed by atoms with Crippen molar-refractivity contribution >= 4 is 45.9 Å². The molecule has 1 fully saturated rings. The van der Waals surface area contributed by atoms with Crippen LogP contribution >= 0.6 is 11.8 Å². The zero-order chi connectivity index (χ0) is 20.4. The Balaban J connectivity index is 1.86. The van der Waals surface area contributed by atoms with Crippen LogP contribution in [0.3, 0.4) is 0 Å². The van der Waals surface area contributed by atoms with E-state index in [4.69, 9.17) is 4.74 Å². The lowest BCUT2D eigenvalue weighted by Crippen LogP contribution is -2.35. The number of rotatable bonds is 6. The number of para-hydroxylation sites is 1. The van der Waals surface area contributed by atoms with Crippen LogP contribution in [0.4, 0.5) is 4.79 Å². The van der Waals surface area contributed by atoms with Gasteiger partial charge in [0.05, 0.1) is 11.0 Å². The minimum atomic E-state index is -0.575. The summed E-state index contributed by atoms with van der Waals surface area (Å²) in [4.78, 5) is 38.2. The lowest BCUT2D eigenvalue weighted by Gasteiger charge is -2.14. The van der Waals surface area contributed by atoms with Gasteiger partial charge in [-0.3, -0.25) is 19.3 Å². The molecule has 148 valence electrons. The topological polar surface area (TPSA) is 68.6 Å². The Morgan fingerprint density at radius 1 is 1.21 bits per heavy atom. The van der Waals surface area contributed by atoms with Gasteiger partial charge in [-0.15, -0.1) is 0 Å². The number of thioether (sulfide) groups is 1. The van der Waals surface area contributed by atoms with E-state index in [9.17, 15) is 14.4 Å². The van der Waals surface area contributed by atoms with Gasteiger partial charge in [-0.25, -0.2) is 0 Å². The summed E-state index contributed by atoms with van der Waals surface area (Å²) in [7, 11) is 0. The summed E-state index contributed by atoms with van der Waals surface area (Å²) in [6.45, 7) is 7.49. The number of carbonyl (C=O) groups excluding carboxylic acids is 3. The Kier molecular flexibility index (Phi) is 5.93. The first kappa shape index (κ1) is 20.2. The Morgan fingerprint density at radius 2 is 1.93 bits per heavy atom. The summed E-state index contributed by atoms with van der Waals surface area (Å²) in [5, 5.41) is 0.559. The molecule has 0 aliphatic carbocycles. The second-order valence-corrected chi connectivity index (χ2v) is 8.07. The molecule has 1 saturated heterocycles. The number of benzene rings is 1. The Bertz CT molecular complexity index is 960. The van der Waals surface area contributed by atoms with E-state index in [-0.39, 0.29) is 18.7 Å². The van der Waals surface area contributed by atoms with Gasteiger partial charge in [0.15, 0.2) is 0 Å². The van der Waals surface area contributed by atoms with E-state index >= 15 is 0 Å². The number of aromatic nitrogens is 1. The van der Waals surface area contributed by atoms with E-state index in [1.807, 2.05) is 37.4 Å². The fourth-order valence-electron chi connectivity index (χ4n) is 3.03. The van der Waals surface area contributed by atoms with E-state index < -0.39 is 17.1 Å². The summed E-state index contributed by atoms with van der Waals surface area (Å²) in [5.41, 5.74) is 1.94. The predicted octanol–water partition coefficient (Wildman–Crippen LogP) is 4.60. The summed E-state index contributed by atoms with van der Waals surface area (Å²) in [5.74, 6) is -1.04. The van der Waals surface area contributed by atoms with Crippen LogP contribution in [0.15, 0.2) is 35.4 Å². The highest BCUT2D eigenvalue weighted by Crippen LogP contribution is 2.34. The van der Waals surface area contributed by atoms with Gasteiger partial charge in [0.2, 0.25) is 0 Å². The van der Waals surface area contributed by atoms with E-state index in [0.29, 0.717) is 11.3 Å². The third kappa shape index (κ3) is 3.99. The maximum Gasteiger partial charge on any atom is 0.326 e. The van der Waals surface area contributed by atoms with Crippen LogP contribution in [0, 0.1) is 0 Å². The van der Waals surface area contributed by atoms with E-state index in [2.05, 4.69) is 18.4 Å². The molecule has 2 amide bonds. The molecule has 1 aromatic carbocycles. The highest BCUT2D eigenvalue weighted by atomic mass is 32.2. The second-order valence-electron chi connectivity index (χ2n) is 7.08. The SMILES string of the molecule is CC[C@H](C)OC(=O)CN1C(=O)S/C(=C/c2cn(C(C)C)c3ccccc23)C1=O. The van der Waals surface area contributed by atoms with Crippen LogP contribution in [0.25, 0.3) is 17.0 Å². The van der Waals surface area contributed by atoms with Gasteiger partial charge >= 0.3 is 5.97 Å². The summed E-state index contributed by atoms with van der Waals surface area (Å²) in [6.07, 6.45) is 4.14. The molecule has 2 aromatic rings. The van der Waals surface area contributed by atoms with Gasteiger partial charge in [-0.05, 0) is 51.1 Å². The average molecular weight is 401 g/mol. The minimum absolute atomic E-state index is 0.245. The van der Waals surface area contributed by atoms with Crippen molar-refractivity contribution in [3.8, 4) is 0 Å². The molecule has 1 aliphatic rings. The zero-order valence-electron chi connectivity index (χ0n) is 16.5. The van der Waals surface area contributed by atoms with Crippen molar-refractivity contribution in [1.29, 1.82) is 0 Å². The summed E-state index contributed by atoms with van der Waals surface area (Å²) < 4.78 is 7.32. The fraction of sp³-hybridized carbons (Fsp3) is 0.381. The van der Waals surface area contributed by atoms with Gasteiger partial charge in [0.25, 0.3) is 11.1 Å². The molecular formula is C21H24N2O4S. The van der Waals surface area contributed by atoms with Crippen LogP contribution in [-0.2, 0) is 14.3 Å². The van der Waals surface area contributed by atoms with Crippen LogP contribution in [0.5, 0.6) is 0 Å². The molecule has 2 heterocycles. The normalized spacial score (nSPS) is 17.2. The van der Waals surface area contributed by atoms with Gasteiger partial charge in [0.1, 0.15) is 6.54 Å². The third-order valence-corrected chi connectivity index (χ3v) is 5.59. The quantitative estimate of drug-likeness (QED) is 0.524. The number of imide groups is 1. The number of nitrogens with zero attached hydrogens (tertiary/aromatic N) is 2. The number of amides is 2. The van der Waals surface area contributed by atoms with Crippen LogP contribution in [0.2, 0.25) is 0 Å². The number of hydrogen-bond donors (Lipinski definition) is 0. The molecular weight excluding hydrogens is 376 g/mol. The standard InChI is InChI=1S/C21H24N2O4S/c1-5-14(4)27-19(24)12-23-20(25)18(28-21(23)26)10-15-11-22(13(2)3)17-9-7-6-8-16(15)17/h6-11,13-14H,5,12H2,1-4H3/b18-10+/t14-/m0/s1. The molecule has 28 heavy (non-hydrogen) atoms. The monoisotopic (exact) mass is 400 g/mol. The minimum Gasteiger partial charge on any atom is -0.461 e. The van der Waals surface area contributed by atoms with Crippen molar-refractivity contribution in [3.05, 3.63) is 40.9 Å². The van der Waals surface area contributed by atoms with E-state index in [1.165, 1.54) is 0 Å². The molecule has 0 spiro atoms. The van der Waals surface area contributed by atoms with Crippen molar-refractivity contribution in [2.45, 2.75) is 46.3 Å². The molecule has 0 bridgehead atoms. The van der Waals surface area contributed by atoms with Crippen molar-refractivity contribution in [3.63, 3.8) is 0 Å². The Labute approximate surface area is 168 Å². The number of ether oxygens (including phenoxy) is 1. The lowest BCUT2D eigenvalue weighted by molar-refractivity contribution is -0.150. The molecule has 6 nitrogen and oxygen atoms in total. The molecule has 0 unspecified atom stereocenters. The lowest BCUT2D eigenvalue weighted by atomic mass is 10.1. The molecule has 1 aliphatic heterocycles. The largest absolute Gasteiger partial charge is 0.461 e. The fourth-order valence-corrected chi connectivity index (χ4v) is 3.85. The number of esters is 1. The van der Waals surface area contributed by atoms with Crippen LogP contribution < -0.4 is 0 Å². The maximum absolute atomic E-state index is 12.7. The summed E-state index contributed by atoms with van der Waals surface area (Å²) >= 11 is 0.851. The Morgan fingerprint density at radius 3 is 2.61 bits per heavy atom. The highest BCUT2D eigenvalue weighted by Gasteiger charge is 2.37. The first-order valence-electron chi connectivity index (χ1n) is 9.36. The van der Waals surface area contributed by atoms with Crippen molar-refractivity contribution in [1.82, 2.24) is 9.47 Å². The number of hydrogen-bond acceptors (Lipinski definition) is 5. The number of carbonyl (C=O) groups is 3. The predicted molar refractivity (Wildman–Crippen MR) is 111 cm³/mol. The third-order valence-electron chi connectivity index (χ3n) is 4.68. The van der Waals surface area contributed by atoms with Gasteiger partial charge in [-0.1, -0.05) is 25.1 Å². The maximum atomic E-state index is 12.7. The number of fused-ring (bicyclic) bond motifs is 1. The van der Waals surface area contributed by atoms with Crippen molar-refractivity contribution in [2.75, 3.05) is 6.54 Å². The highest BCUT2D eigenvalue weighted by molar-refractivity contribution is 8.18. The molecule has 1 atom stereocenters. The van der Waals surface area contributed by atoms with Crippen molar-refractivity contribution < 1.29 is 19.1 Å². The zero-order valence-corrected chi connectivity index (χ0v) is 17.3. The molecule has 0 saturated carbocycles. The average Bonchev–Trinajstić information content (AvgIpc) is 3.15. The molecule has 1 aromatic heterocycles. The first-order valence-corrected chi connectivity index (χ1v) is 10.2. The molecule has 0 N–H and O–H groups in total. The molecule has 0 radical (unpaired) electrons. The van der Waals surface area contributed by atoms with Crippen LogP contribution in [-0.4, -0.2) is 39.2 Å². The summed E-state index contributed by atoms with van der Waals surface area (Å²) in [6, 6.07) is 8.21. The van der Waals surface area contributed by atoms with Gasteiger partial charge in [0, 0.05) is 28.7 Å². The van der Waals surface area contributed by atoms with Crippen molar-refractivity contribution in [2.24, 2.45) is 0 Å². The van der Waals surface area contributed by atoms with Gasteiger partial charge in [-0.2, -0.15) is 0 Å². The van der Waals surface area contributed by atoms with Gasteiger partial charge < -0.3 is 9.30 Å². The first-order chi connectivity index (χ1) is 13.3. The smallest absolute Gasteiger partial charge is 0.326 e. The van der Waals surface area contributed by atoms with Crippen LogP contribution in [0.1, 0.15) is 45.7 Å².